The number of benzene rings is 1. The first kappa shape index (κ1) is 13.6. The van der Waals surface area contributed by atoms with Gasteiger partial charge in [-0.2, -0.15) is 0 Å². The second kappa shape index (κ2) is 7.71. The molecule has 3 heteroatoms. The largest absolute Gasteiger partial charge is 0.497 e. The Morgan fingerprint density at radius 2 is 2.18 bits per heavy atom. The highest BCUT2D eigenvalue weighted by molar-refractivity contribution is 5.69. The number of carbonyl (C=O) groups is 1. The van der Waals surface area contributed by atoms with Crippen LogP contribution in [0.15, 0.2) is 24.3 Å². The molecule has 0 aliphatic carbocycles. The summed E-state index contributed by atoms with van der Waals surface area (Å²) in [6.45, 7) is 2.52. The van der Waals surface area contributed by atoms with Crippen molar-refractivity contribution >= 4 is 5.97 Å². The van der Waals surface area contributed by atoms with E-state index in [1.54, 1.807) is 7.11 Å². The Kier molecular flexibility index (Phi) is 6.15. The lowest BCUT2D eigenvalue weighted by molar-refractivity contribution is -0.143. The molecule has 0 saturated carbocycles. The van der Waals surface area contributed by atoms with Crippen molar-refractivity contribution in [2.24, 2.45) is 0 Å². The summed E-state index contributed by atoms with van der Waals surface area (Å²) in [7, 11) is 1.65. The Bertz CT molecular complexity index is 347. The maximum Gasteiger partial charge on any atom is 0.305 e. The molecule has 0 atom stereocenters. The molecular formula is C14H20O3. The van der Waals surface area contributed by atoms with E-state index in [2.05, 4.69) is 0 Å². The van der Waals surface area contributed by atoms with Gasteiger partial charge in [0.05, 0.1) is 13.7 Å². The maximum atomic E-state index is 11.3. The Morgan fingerprint density at radius 1 is 1.35 bits per heavy atom. The van der Waals surface area contributed by atoms with E-state index in [0.29, 0.717) is 13.0 Å². The number of aryl methyl sites for hydroxylation is 1. The predicted molar refractivity (Wildman–Crippen MR) is 67.2 cm³/mol. The van der Waals surface area contributed by atoms with Crippen LogP contribution in [0.2, 0.25) is 0 Å². The summed E-state index contributed by atoms with van der Waals surface area (Å²) >= 11 is 0. The van der Waals surface area contributed by atoms with Crippen LogP contribution in [0.3, 0.4) is 0 Å². The van der Waals surface area contributed by atoms with E-state index in [4.69, 9.17) is 9.47 Å². The second-order valence-corrected chi connectivity index (χ2v) is 3.93. The molecule has 0 aliphatic heterocycles. The lowest BCUT2D eigenvalue weighted by Gasteiger charge is -2.05. The van der Waals surface area contributed by atoms with Gasteiger partial charge in [-0.25, -0.2) is 0 Å². The summed E-state index contributed by atoms with van der Waals surface area (Å²) in [4.78, 5) is 11.3. The Hall–Kier alpha value is -1.51. The van der Waals surface area contributed by atoms with Gasteiger partial charge in [0.2, 0.25) is 0 Å². The number of rotatable bonds is 7. The summed E-state index contributed by atoms with van der Waals surface area (Å²) in [6.07, 6.45) is 3.05. The van der Waals surface area contributed by atoms with Crippen LogP contribution >= 0.6 is 0 Å². The molecule has 0 aliphatic rings. The summed E-state index contributed by atoms with van der Waals surface area (Å²) in [6, 6.07) is 7.92. The van der Waals surface area contributed by atoms with Gasteiger partial charge in [-0.05, 0) is 37.0 Å². The van der Waals surface area contributed by atoms with Gasteiger partial charge in [0.15, 0.2) is 0 Å². The van der Waals surface area contributed by atoms with Gasteiger partial charge < -0.3 is 9.47 Å². The third kappa shape index (κ3) is 5.38. The van der Waals surface area contributed by atoms with E-state index < -0.39 is 0 Å². The summed E-state index contributed by atoms with van der Waals surface area (Å²) in [5.41, 5.74) is 1.19. The third-order valence-corrected chi connectivity index (χ3v) is 2.45. The zero-order valence-corrected chi connectivity index (χ0v) is 10.6. The second-order valence-electron chi connectivity index (χ2n) is 3.93. The standard InChI is InChI=1S/C14H20O3/c1-3-10-17-14(15)9-5-7-12-6-4-8-13(11-12)16-2/h4,6,8,11H,3,5,7,9-10H2,1-2H3. The van der Waals surface area contributed by atoms with Gasteiger partial charge in [0, 0.05) is 6.42 Å². The number of methoxy groups -OCH3 is 1. The Morgan fingerprint density at radius 3 is 2.88 bits per heavy atom. The highest BCUT2D eigenvalue weighted by Gasteiger charge is 2.02. The SMILES string of the molecule is CCCOC(=O)CCCc1cccc(OC)c1. The third-order valence-electron chi connectivity index (χ3n) is 2.45. The minimum absolute atomic E-state index is 0.102. The predicted octanol–water partition coefficient (Wildman–Crippen LogP) is 2.97. The average molecular weight is 236 g/mol. The number of esters is 1. The van der Waals surface area contributed by atoms with Gasteiger partial charge in [-0.3, -0.25) is 4.79 Å². The highest BCUT2D eigenvalue weighted by atomic mass is 16.5. The average Bonchev–Trinajstić information content (AvgIpc) is 2.36. The molecule has 0 spiro atoms. The topological polar surface area (TPSA) is 35.5 Å². The lowest BCUT2D eigenvalue weighted by atomic mass is 10.1. The van der Waals surface area contributed by atoms with E-state index in [0.717, 1.165) is 25.0 Å². The van der Waals surface area contributed by atoms with E-state index in [-0.39, 0.29) is 5.97 Å². The van der Waals surface area contributed by atoms with Crippen molar-refractivity contribution in [2.75, 3.05) is 13.7 Å². The minimum atomic E-state index is -0.102. The van der Waals surface area contributed by atoms with E-state index in [1.165, 1.54) is 5.56 Å². The summed E-state index contributed by atoms with van der Waals surface area (Å²) in [5, 5.41) is 0. The number of hydrogen-bond donors (Lipinski definition) is 0. The molecule has 1 rings (SSSR count). The van der Waals surface area contributed by atoms with Gasteiger partial charge in [-0.1, -0.05) is 19.1 Å². The number of hydrogen-bond acceptors (Lipinski definition) is 3. The van der Waals surface area contributed by atoms with Gasteiger partial charge >= 0.3 is 5.97 Å². The van der Waals surface area contributed by atoms with Crippen molar-refractivity contribution in [1.82, 2.24) is 0 Å². The van der Waals surface area contributed by atoms with Crippen LogP contribution in [0.25, 0.3) is 0 Å². The first-order chi connectivity index (χ1) is 8.26. The van der Waals surface area contributed by atoms with Crippen LogP contribution in [0.5, 0.6) is 5.75 Å². The van der Waals surface area contributed by atoms with Crippen molar-refractivity contribution in [3.05, 3.63) is 29.8 Å². The zero-order valence-electron chi connectivity index (χ0n) is 10.6. The van der Waals surface area contributed by atoms with Crippen molar-refractivity contribution < 1.29 is 14.3 Å². The molecular weight excluding hydrogens is 216 g/mol. The molecule has 0 amide bonds. The van der Waals surface area contributed by atoms with Gasteiger partial charge in [0.1, 0.15) is 5.75 Å². The van der Waals surface area contributed by atoms with Crippen molar-refractivity contribution in [3.63, 3.8) is 0 Å². The first-order valence-corrected chi connectivity index (χ1v) is 6.04. The highest BCUT2D eigenvalue weighted by Crippen LogP contribution is 2.14. The van der Waals surface area contributed by atoms with E-state index in [1.807, 2.05) is 31.2 Å². The van der Waals surface area contributed by atoms with Gasteiger partial charge in [0.25, 0.3) is 0 Å². The van der Waals surface area contributed by atoms with Gasteiger partial charge in [-0.15, -0.1) is 0 Å². The smallest absolute Gasteiger partial charge is 0.305 e. The molecule has 94 valence electrons. The van der Waals surface area contributed by atoms with Crippen molar-refractivity contribution in [1.29, 1.82) is 0 Å². The molecule has 17 heavy (non-hydrogen) atoms. The molecule has 0 unspecified atom stereocenters. The van der Waals surface area contributed by atoms with Crippen LogP contribution in [-0.4, -0.2) is 19.7 Å². The fraction of sp³-hybridized carbons (Fsp3) is 0.500. The van der Waals surface area contributed by atoms with Crippen LogP contribution in [0.1, 0.15) is 31.7 Å². The molecule has 0 fully saturated rings. The van der Waals surface area contributed by atoms with Crippen LogP contribution in [-0.2, 0) is 16.0 Å². The van der Waals surface area contributed by atoms with E-state index in [9.17, 15) is 4.79 Å². The first-order valence-electron chi connectivity index (χ1n) is 6.04. The molecule has 0 N–H and O–H groups in total. The minimum Gasteiger partial charge on any atom is -0.497 e. The van der Waals surface area contributed by atoms with E-state index >= 15 is 0 Å². The molecule has 0 aromatic heterocycles. The molecule has 1 aromatic carbocycles. The molecule has 1 aromatic rings. The van der Waals surface area contributed by atoms with Crippen LogP contribution in [0.4, 0.5) is 0 Å². The molecule has 0 saturated heterocycles. The summed E-state index contributed by atoms with van der Waals surface area (Å²) < 4.78 is 10.2. The van der Waals surface area contributed by atoms with Crippen LogP contribution in [0, 0.1) is 0 Å². The monoisotopic (exact) mass is 236 g/mol. The maximum absolute atomic E-state index is 11.3. The lowest BCUT2D eigenvalue weighted by Crippen LogP contribution is -2.05. The normalized spacial score (nSPS) is 10.0. The molecule has 0 bridgehead atoms. The Labute approximate surface area is 103 Å². The zero-order chi connectivity index (χ0) is 12.5. The molecule has 0 radical (unpaired) electrons. The molecule has 0 heterocycles. The quantitative estimate of drug-likeness (QED) is 0.683. The van der Waals surface area contributed by atoms with Crippen LogP contribution < -0.4 is 4.74 Å². The fourth-order valence-electron chi connectivity index (χ4n) is 1.55. The number of ether oxygens (including phenoxy) is 2. The van der Waals surface area contributed by atoms with Crippen molar-refractivity contribution in [3.8, 4) is 5.75 Å². The molecule has 3 nitrogen and oxygen atoms in total. The fourth-order valence-corrected chi connectivity index (χ4v) is 1.55. The Balaban J connectivity index is 2.28. The number of carbonyl (C=O) groups excluding carboxylic acids is 1. The van der Waals surface area contributed by atoms with Crippen molar-refractivity contribution in [2.45, 2.75) is 32.6 Å². The summed E-state index contributed by atoms with van der Waals surface area (Å²) in [5.74, 6) is 0.755.